The van der Waals surface area contributed by atoms with Crippen LogP contribution in [0.4, 0.5) is 0 Å². The molecule has 2 rings (SSSR count). The Morgan fingerprint density at radius 3 is 3.00 bits per heavy atom. The second-order valence-electron chi connectivity index (χ2n) is 4.60. The van der Waals surface area contributed by atoms with Crippen LogP contribution in [0, 0.1) is 6.92 Å². The number of rotatable bonds is 5. The predicted molar refractivity (Wildman–Crippen MR) is 71.7 cm³/mol. The highest BCUT2D eigenvalue weighted by molar-refractivity contribution is 5.73. The minimum atomic E-state index is -0.186. The average molecular weight is 262 g/mol. The van der Waals surface area contributed by atoms with Crippen molar-refractivity contribution >= 4 is 17.1 Å². The highest BCUT2D eigenvalue weighted by Crippen LogP contribution is 2.17. The number of hydrogen-bond acceptors (Lipinski definition) is 5. The van der Waals surface area contributed by atoms with Crippen LogP contribution in [0.3, 0.4) is 0 Å². The molecule has 0 aliphatic carbocycles. The van der Waals surface area contributed by atoms with E-state index in [1.165, 1.54) is 7.11 Å². The van der Waals surface area contributed by atoms with Crippen LogP contribution in [0.5, 0.6) is 0 Å². The third-order valence-electron chi connectivity index (χ3n) is 2.94. The van der Waals surface area contributed by atoms with Crippen molar-refractivity contribution in [3.8, 4) is 0 Å². The normalized spacial score (nSPS) is 11.2. The number of hydrogen-bond donors (Lipinski definition) is 0. The molecule has 0 amide bonds. The summed E-state index contributed by atoms with van der Waals surface area (Å²) in [5.41, 5.74) is 2.82. The van der Waals surface area contributed by atoms with Crippen LogP contribution < -0.4 is 0 Å². The van der Waals surface area contributed by atoms with E-state index in [1.54, 1.807) is 0 Å². The van der Waals surface area contributed by atoms with Crippen LogP contribution in [0.2, 0.25) is 0 Å². The Kier molecular flexibility index (Phi) is 4.16. The first-order valence-corrected chi connectivity index (χ1v) is 6.20. The molecule has 0 aliphatic heterocycles. The van der Waals surface area contributed by atoms with E-state index in [2.05, 4.69) is 14.6 Å². The zero-order valence-corrected chi connectivity index (χ0v) is 11.5. The molecule has 1 aromatic heterocycles. The van der Waals surface area contributed by atoms with Gasteiger partial charge in [0, 0.05) is 20.0 Å². The van der Waals surface area contributed by atoms with Crippen LogP contribution in [-0.4, -0.2) is 36.6 Å². The van der Waals surface area contributed by atoms with E-state index < -0.39 is 0 Å². The molecule has 0 aliphatic rings. The molecule has 0 saturated carbocycles. The third kappa shape index (κ3) is 3.54. The fraction of sp³-hybridized carbons (Fsp3) is 0.429. The first-order valence-electron chi connectivity index (χ1n) is 6.20. The standard InChI is InChI=1S/C14H18N2O3/c1-10-15-12-8-11(4-5-13(12)19-10)9-16(2)7-6-14(17)18-3/h4-5,8H,6-7,9H2,1-3H3. The number of esters is 1. The van der Waals surface area contributed by atoms with Crippen molar-refractivity contribution in [1.82, 2.24) is 9.88 Å². The van der Waals surface area contributed by atoms with Crippen LogP contribution in [-0.2, 0) is 16.1 Å². The quantitative estimate of drug-likeness (QED) is 0.773. The lowest BCUT2D eigenvalue weighted by atomic mass is 10.2. The molecule has 0 bridgehead atoms. The molecule has 5 nitrogen and oxygen atoms in total. The summed E-state index contributed by atoms with van der Waals surface area (Å²) in [6, 6.07) is 5.96. The van der Waals surface area contributed by atoms with E-state index >= 15 is 0 Å². The van der Waals surface area contributed by atoms with E-state index in [-0.39, 0.29) is 5.97 Å². The summed E-state index contributed by atoms with van der Waals surface area (Å²) in [5.74, 6) is 0.487. The maximum atomic E-state index is 11.1. The molecule has 0 spiro atoms. The first-order chi connectivity index (χ1) is 9.08. The smallest absolute Gasteiger partial charge is 0.306 e. The Morgan fingerprint density at radius 2 is 2.26 bits per heavy atom. The monoisotopic (exact) mass is 262 g/mol. The number of ether oxygens (including phenoxy) is 1. The van der Waals surface area contributed by atoms with Gasteiger partial charge in [0.1, 0.15) is 5.52 Å². The Labute approximate surface area is 112 Å². The van der Waals surface area contributed by atoms with Gasteiger partial charge >= 0.3 is 5.97 Å². The second kappa shape index (κ2) is 5.84. The summed E-state index contributed by atoms with van der Waals surface area (Å²) in [5, 5.41) is 0. The van der Waals surface area contributed by atoms with Gasteiger partial charge in [0.25, 0.3) is 0 Å². The van der Waals surface area contributed by atoms with E-state index in [0.717, 1.165) is 23.2 Å². The SMILES string of the molecule is COC(=O)CCN(C)Cc1ccc2oc(C)nc2c1. The summed E-state index contributed by atoms with van der Waals surface area (Å²) >= 11 is 0. The van der Waals surface area contributed by atoms with Gasteiger partial charge in [-0.3, -0.25) is 4.79 Å². The van der Waals surface area contributed by atoms with Crippen molar-refractivity contribution in [1.29, 1.82) is 0 Å². The summed E-state index contributed by atoms with van der Waals surface area (Å²) in [6.07, 6.45) is 0.401. The molecule has 5 heteroatoms. The number of oxazole rings is 1. The van der Waals surface area contributed by atoms with Crippen molar-refractivity contribution in [3.05, 3.63) is 29.7 Å². The number of fused-ring (bicyclic) bond motifs is 1. The molecule has 1 heterocycles. The van der Waals surface area contributed by atoms with Crippen LogP contribution >= 0.6 is 0 Å². The maximum Gasteiger partial charge on any atom is 0.306 e. The van der Waals surface area contributed by atoms with E-state index in [9.17, 15) is 4.79 Å². The number of aromatic nitrogens is 1. The first kappa shape index (κ1) is 13.5. The van der Waals surface area contributed by atoms with Gasteiger partial charge < -0.3 is 14.1 Å². The van der Waals surface area contributed by atoms with E-state index in [1.807, 2.05) is 32.2 Å². The Balaban J connectivity index is 1.98. The highest BCUT2D eigenvalue weighted by atomic mass is 16.5. The Bertz CT molecular complexity index is 577. The number of methoxy groups -OCH3 is 1. The van der Waals surface area contributed by atoms with Crippen molar-refractivity contribution in [3.63, 3.8) is 0 Å². The molecule has 0 radical (unpaired) electrons. The Morgan fingerprint density at radius 1 is 1.47 bits per heavy atom. The van der Waals surface area contributed by atoms with Crippen molar-refractivity contribution in [2.45, 2.75) is 19.9 Å². The topological polar surface area (TPSA) is 55.6 Å². The predicted octanol–water partition coefficient (Wildman–Crippen LogP) is 2.13. The maximum absolute atomic E-state index is 11.1. The van der Waals surface area contributed by atoms with Crippen LogP contribution in [0.25, 0.3) is 11.1 Å². The van der Waals surface area contributed by atoms with Gasteiger partial charge in [-0.25, -0.2) is 4.98 Å². The zero-order valence-electron chi connectivity index (χ0n) is 11.5. The summed E-state index contributed by atoms with van der Waals surface area (Å²) in [6.45, 7) is 3.27. The van der Waals surface area contributed by atoms with Gasteiger partial charge in [0.2, 0.25) is 0 Å². The number of nitrogens with zero attached hydrogens (tertiary/aromatic N) is 2. The molecular formula is C14H18N2O3. The lowest BCUT2D eigenvalue weighted by Crippen LogP contribution is -2.21. The largest absolute Gasteiger partial charge is 0.469 e. The van der Waals surface area contributed by atoms with Gasteiger partial charge in [-0.15, -0.1) is 0 Å². The fourth-order valence-corrected chi connectivity index (χ4v) is 1.96. The molecule has 0 fully saturated rings. The number of carbonyl (C=O) groups excluding carboxylic acids is 1. The van der Waals surface area contributed by atoms with Crippen LogP contribution in [0.1, 0.15) is 17.9 Å². The van der Waals surface area contributed by atoms with Gasteiger partial charge in [-0.05, 0) is 24.7 Å². The lowest BCUT2D eigenvalue weighted by Gasteiger charge is -2.15. The fourth-order valence-electron chi connectivity index (χ4n) is 1.96. The molecule has 0 N–H and O–H groups in total. The summed E-state index contributed by atoms with van der Waals surface area (Å²) in [4.78, 5) is 17.5. The van der Waals surface area contributed by atoms with Crippen molar-refractivity contribution < 1.29 is 13.9 Å². The minimum Gasteiger partial charge on any atom is -0.469 e. The van der Waals surface area contributed by atoms with E-state index in [4.69, 9.17) is 4.42 Å². The van der Waals surface area contributed by atoms with Gasteiger partial charge in [-0.1, -0.05) is 6.07 Å². The molecule has 0 unspecified atom stereocenters. The molecule has 19 heavy (non-hydrogen) atoms. The lowest BCUT2D eigenvalue weighted by molar-refractivity contribution is -0.140. The van der Waals surface area contributed by atoms with Gasteiger partial charge in [0.05, 0.1) is 13.5 Å². The van der Waals surface area contributed by atoms with Crippen molar-refractivity contribution in [2.75, 3.05) is 20.7 Å². The van der Waals surface area contributed by atoms with Crippen LogP contribution in [0.15, 0.2) is 22.6 Å². The molecular weight excluding hydrogens is 244 g/mol. The molecule has 0 saturated heterocycles. The molecule has 1 aromatic carbocycles. The number of benzene rings is 1. The summed E-state index contributed by atoms with van der Waals surface area (Å²) in [7, 11) is 3.38. The van der Waals surface area contributed by atoms with Crippen molar-refractivity contribution in [2.24, 2.45) is 0 Å². The number of aryl methyl sites for hydroxylation is 1. The average Bonchev–Trinajstić information content (AvgIpc) is 2.75. The third-order valence-corrected chi connectivity index (χ3v) is 2.94. The number of carbonyl (C=O) groups is 1. The zero-order chi connectivity index (χ0) is 13.8. The van der Waals surface area contributed by atoms with E-state index in [0.29, 0.717) is 18.9 Å². The summed E-state index contributed by atoms with van der Waals surface area (Å²) < 4.78 is 10.1. The minimum absolute atomic E-state index is 0.186. The molecule has 102 valence electrons. The molecule has 2 aromatic rings. The van der Waals surface area contributed by atoms with Gasteiger partial charge in [-0.2, -0.15) is 0 Å². The molecule has 0 atom stereocenters. The second-order valence-corrected chi connectivity index (χ2v) is 4.60. The Hall–Kier alpha value is -1.88. The van der Waals surface area contributed by atoms with Gasteiger partial charge in [0.15, 0.2) is 11.5 Å². The highest BCUT2D eigenvalue weighted by Gasteiger charge is 2.07.